The second-order valence-corrected chi connectivity index (χ2v) is 5.18. The Hall–Kier alpha value is -0.310. The lowest BCUT2D eigenvalue weighted by Gasteiger charge is -2.18. The SMILES string of the molecule is CCC(C#N)S(=O)(=O)N(C)CCCl. The first-order chi connectivity index (χ1) is 6.00. The maximum Gasteiger partial charge on any atom is 0.230 e. The molecule has 0 rings (SSSR count). The molecule has 0 aromatic heterocycles. The van der Waals surface area contributed by atoms with E-state index in [1.165, 1.54) is 7.05 Å². The molecule has 0 amide bonds. The van der Waals surface area contributed by atoms with Crippen molar-refractivity contribution in [2.45, 2.75) is 18.6 Å². The van der Waals surface area contributed by atoms with Crippen molar-refractivity contribution < 1.29 is 8.42 Å². The summed E-state index contributed by atoms with van der Waals surface area (Å²) in [6.07, 6.45) is 0.297. The largest absolute Gasteiger partial charge is 0.230 e. The molecule has 0 radical (unpaired) electrons. The van der Waals surface area contributed by atoms with Gasteiger partial charge in [-0.2, -0.15) is 5.26 Å². The normalized spacial score (nSPS) is 14.1. The average molecular weight is 225 g/mol. The molecule has 4 nitrogen and oxygen atoms in total. The first-order valence-corrected chi connectivity index (χ1v) is 5.95. The van der Waals surface area contributed by atoms with Crippen LogP contribution in [0.3, 0.4) is 0 Å². The smallest absolute Gasteiger partial charge is 0.211 e. The van der Waals surface area contributed by atoms with E-state index in [-0.39, 0.29) is 12.4 Å². The molecule has 1 unspecified atom stereocenters. The maximum absolute atomic E-state index is 11.5. The first-order valence-electron chi connectivity index (χ1n) is 3.91. The van der Waals surface area contributed by atoms with Gasteiger partial charge in [0.1, 0.15) is 0 Å². The van der Waals surface area contributed by atoms with Gasteiger partial charge >= 0.3 is 0 Å². The van der Waals surface area contributed by atoms with Crippen LogP contribution in [0.4, 0.5) is 0 Å². The lowest BCUT2D eigenvalue weighted by atomic mass is 10.4. The summed E-state index contributed by atoms with van der Waals surface area (Å²) >= 11 is 5.40. The first kappa shape index (κ1) is 12.7. The fraction of sp³-hybridized carbons (Fsp3) is 0.857. The van der Waals surface area contributed by atoms with Crippen molar-refractivity contribution in [2.24, 2.45) is 0 Å². The molecule has 0 N–H and O–H groups in total. The van der Waals surface area contributed by atoms with Crippen LogP contribution in [0.5, 0.6) is 0 Å². The summed E-state index contributed by atoms with van der Waals surface area (Å²) in [5.74, 6) is 0.234. The van der Waals surface area contributed by atoms with Crippen molar-refractivity contribution in [3.8, 4) is 6.07 Å². The van der Waals surface area contributed by atoms with Gasteiger partial charge in [0, 0.05) is 19.5 Å². The molecule has 0 fully saturated rings. The van der Waals surface area contributed by atoms with Crippen LogP contribution >= 0.6 is 11.6 Å². The van der Waals surface area contributed by atoms with Crippen LogP contribution in [0.15, 0.2) is 0 Å². The Morgan fingerprint density at radius 1 is 1.62 bits per heavy atom. The lowest BCUT2D eigenvalue weighted by Crippen LogP contribution is -2.36. The predicted molar refractivity (Wildman–Crippen MR) is 52.0 cm³/mol. The highest BCUT2D eigenvalue weighted by Crippen LogP contribution is 2.09. The van der Waals surface area contributed by atoms with Gasteiger partial charge in [0.15, 0.2) is 5.25 Å². The molecule has 0 aliphatic rings. The highest BCUT2D eigenvalue weighted by molar-refractivity contribution is 7.89. The van der Waals surface area contributed by atoms with E-state index in [4.69, 9.17) is 16.9 Å². The summed E-state index contributed by atoms with van der Waals surface area (Å²) in [6, 6.07) is 1.76. The van der Waals surface area contributed by atoms with Crippen molar-refractivity contribution in [1.82, 2.24) is 4.31 Å². The molecule has 0 aliphatic heterocycles. The summed E-state index contributed by atoms with van der Waals surface area (Å²) < 4.78 is 24.2. The number of hydrogen-bond donors (Lipinski definition) is 0. The van der Waals surface area contributed by atoms with E-state index in [1.54, 1.807) is 13.0 Å². The highest BCUT2D eigenvalue weighted by Gasteiger charge is 2.27. The molecule has 0 heterocycles. The zero-order chi connectivity index (χ0) is 10.5. The van der Waals surface area contributed by atoms with E-state index in [0.717, 1.165) is 4.31 Å². The zero-order valence-corrected chi connectivity index (χ0v) is 9.27. The van der Waals surface area contributed by atoms with Crippen molar-refractivity contribution in [3.63, 3.8) is 0 Å². The summed E-state index contributed by atoms with van der Waals surface area (Å²) in [5, 5.41) is 7.63. The van der Waals surface area contributed by atoms with Gasteiger partial charge in [-0.25, -0.2) is 12.7 Å². The van der Waals surface area contributed by atoms with Crippen molar-refractivity contribution >= 4 is 21.6 Å². The number of nitriles is 1. The van der Waals surface area contributed by atoms with E-state index in [0.29, 0.717) is 6.42 Å². The van der Waals surface area contributed by atoms with Crippen LogP contribution in [0, 0.1) is 11.3 Å². The molecule has 0 spiro atoms. The fourth-order valence-electron chi connectivity index (χ4n) is 0.832. The second kappa shape index (κ2) is 5.43. The molecule has 0 aliphatic carbocycles. The molecular weight excluding hydrogens is 212 g/mol. The summed E-state index contributed by atoms with van der Waals surface area (Å²) in [7, 11) is -2.05. The number of sulfonamides is 1. The van der Waals surface area contributed by atoms with Gasteiger partial charge in [0.2, 0.25) is 10.0 Å². The van der Waals surface area contributed by atoms with Gasteiger partial charge < -0.3 is 0 Å². The van der Waals surface area contributed by atoms with Crippen LogP contribution in [0.2, 0.25) is 0 Å². The summed E-state index contributed by atoms with van der Waals surface area (Å²) in [6.45, 7) is 1.90. The monoisotopic (exact) mass is 224 g/mol. The molecule has 0 aromatic carbocycles. The topological polar surface area (TPSA) is 61.2 Å². The number of halogens is 1. The minimum atomic E-state index is -3.48. The van der Waals surface area contributed by atoms with E-state index in [2.05, 4.69) is 0 Å². The molecule has 0 saturated carbocycles. The number of rotatable bonds is 5. The van der Waals surface area contributed by atoms with Crippen LogP contribution in [0.1, 0.15) is 13.3 Å². The summed E-state index contributed by atoms with van der Waals surface area (Å²) in [4.78, 5) is 0. The summed E-state index contributed by atoms with van der Waals surface area (Å²) in [5.41, 5.74) is 0. The zero-order valence-electron chi connectivity index (χ0n) is 7.70. The van der Waals surface area contributed by atoms with Gasteiger partial charge in [0.25, 0.3) is 0 Å². The Balaban J connectivity index is 4.66. The van der Waals surface area contributed by atoms with Gasteiger partial charge in [-0.05, 0) is 6.42 Å². The predicted octanol–water partition coefficient (Wildman–Crippen LogP) is 0.789. The third-order valence-electron chi connectivity index (χ3n) is 1.71. The van der Waals surface area contributed by atoms with E-state index in [1.807, 2.05) is 0 Å². The highest BCUT2D eigenvalue weighted by atomic mass is 35.5. The van der Waals surface area contributed by atoms with Gasteiger partial charge in [0.05, 0.1) is 6.07 Å². The number of hydrogen-bond acceptors (Lipinski definition) is 3. The fourth-order valence-corrected chi connectivity index (χ4v) is 2.52. The molecule has 1 atom stereocenters. The van der Waals surface area contributed by atoms with Crippen LogP contribution in [-0.4, -0.2) is 37.4 Å². The van der Waals surface area contributed by atoms with Crippen molar-refractivity contribution in [2.75, 3.05) is 19.5 Å². The minimum absolute atomic E-state index is 0.234. The van der Waals surface area contributed by atoms with Crippen LogP contribution in [-0.2, 0) is 10.0 Å². The average Bonchev–Trinajstić information content (AvgIpc) is 2.06. The Morgan fingerprint density at radius 3 is 2.46 bits per heavy atom. The number of nitrogens with zero attached hydrogens (tertiary/aromatic N) is 2. The molecule has 0 saturated heterocycles. The van der Waals surface area contributed by atoms with Crippen molar-refractivity contribution in [3.05, 3.63) is 0 Å². The van der Waals surface area contributed by atoms with E-state index >= 15 is 0 Å². The van der Waals surface area contributed by atoms with Gasteiger partial charge in [-0.15, -0.1) is 11.6 Å². The van der Waals surface area contributed by atoms with Crippen LogP contribution < -0.4 is 0 Å². The standard InChI is InChI=1S/C7H13ClN2O2S/c1-3-7(6-9)13(11,12)10(2)5-4-8/h7H,3-5H2,1-2H3. The van der Waals surface area contributed by atoms with Gasteiger partial charge in [-0.1, -0.05) is 6.92 Å². The Labute approximate surface area is 84.1 Å². The Morgan fingerprint density at radius 2 is 2.15 bits per heavy atom. The Kier molecular flexibility index (Phi) is 5.30. The minimum Gasteiger partial charge on any atom is -0.211 e. The lowest BCUT2D eigenvalue weighted by molar-refractivity contribution is 0.480. The van der Waals surface area contributed by atoms with Crippen LogP contribution in [0.25, 0.3) is 0 Å². The van der Waals surface area contributed by atoms with E-state index in [9.17, 15) is 8.42 Å². The molecule has 0 aromatic rings. The molecule has 0 bridgehead atoms. The van der Waals surface area contributed by atoms with Crippen molar-refractivity contribution in [1.29, 1.82) is 5.26 Å². The molecule has 13 heavy (non-hydrogen) atoms. The quantitative estimate of drug-likeness (QED) is 0.649. The Bertz CT molecular complexity index is 283. The second-order valence-electron chi connectivity index (χ2n) is 2.58. The number of alkyl halides is 1. The molecule has 6 heteroatoms. The maximum atomic E-state index is 11.5. The third-order valence-corrected chi connectivity index (χ3v) is 4.09. The van der Waals surface area contributed by atoms with E-state index < -0.39 is 15.3 Å². The third kappa shape index (κ3) is 3.14. The molecular formula is C7H13ClN2O2S. The molecule has 76 valence electrons. The van der Waals surface area contributed by atoms with Gasteiger partial charge in [-0.3, -0.25) is 0 Å².